The second kappa shape index (κ2) is 6.96. The normalized spacial score (nSPS) is 12.3. The van der Waals surface area contributed by atoms with Gasteiger partial charge in [-0.2, -0.15) is 0 Å². The molecule has 0 aliphatic rings. The first-order valence-corrected chi connectivity index (χ1v) is 7.99. The van der Waals surface area contributed by atoms with E-state index < -0.39 is 0 Å². The maximum Gasteiger partial charge on any atom is 0.122 e. The zero-order valence-corrected chi connectivity index (χ0v) is 15.1. The molecule has 0 aliphatic heterocycles. The summed E-state index contributed by atoms with van der Waals surface area (Å²) in [7, 11) is 1.68. The van der Waals surface area contributed by atoms with Gasteiger partial charge in [-0.1, -0.05) is 23.7 Å². The van der Waals surface area contributed by atoms with Crippen molar-refractivity contribution >= 4 is 34.2 Å². The maximum absolute atomic E-state index is 6.22. The molecular weight excluding hydrogens is 399 g/mol. The van der Waals surface area contributed by atoms with E-state index in [1.165, 1.54) is 0 Å². The number of aryl methyl sites for hydroxylation is 2. The lowest BCUT2D eigenvalue weighted by molar-refractivity contribution is 0.411. The van der Waals surface area contributed by atoms with Crippen LogP contribution in [0.5, 0.6) is 5.75 Å². The van der Waals surface area contributed by atoms with Crippen LogP contribution in [-0.2, 0) is 0 Å². The first kappa shape index (κ1) is 16.5. The molecule has 0 aromatic heterocycles. The molecule has 2 aromatic carbocycles. The van der Waals surface area contributed by atoms with Crippen LogP contribution in [0.3, 0.4) is 0 Å². The zero-order chi connectivity index (χ0) is 15.6. The monoisotopic (exact) mass is 416 g/mol. The Bertz CT molecular complexity index is 661. The first-order valence-electron chi connectivity index (χ1n) is 6.54. The molecule has 0 heterocycles. The van der Waals surface area contributed by atoms with E-state index in [1.54, 1.807) is 7.11 Å². The minimum atomic E-state index is -0.107. The van der Waals surface area contributed by atoms with Crippen molar-refractivity contribution in [2.24, 2.45) is 5.84 Å². The molecule has 0 amide bonds. The Labute approximate surface area is 143 Å². The van der Waals surface area contributed by atoms with Gasteiger partial charge in [-0.25, -0.2) is 5.43 Å². The van der Waals surface area contributed by atoms with E-state index in [9.17, 15) is 0 Å². The summed E-state index contributed by atoms with van der Waals surface area (Å²) in [6.07, 6.45) is 0. The minimum absolute atomic E-state index is 0.107. The van der Waals surface area contributed by atoms with Gasteiger partial charge in [-0.15, -0.1) is 0 Å². The van der Waals surface area contributed by atoms with Crippen molar-refractivity contribution in [1.82, 2.24) is 5.43 Å². The van der Waals surface area contributed by atoms with Gasteiger partial charge in [0.2, 0.25) is 0 Å². The van der Waals surface area contributed by atoms with Crippen LogP contribution >= 0.6 is 34.2 Å². The van der Waals surface area contributed by atoms with Crippen LogP contribution < -0.4 is 16.0 Å². The van der Waals surface area contributed by atoms with Crippen molar-refractivity contribution in [3.63, 3.8) is 0 Å². The van der Waals surface area contributed by atoms with Crippen molar-refractivity contribution in [1.29, 1.82) is 0 Å². The SMILES string of the molecule is COc1cc(C)c(C(NN)c2ccc(I)c(Cl)c2)cc1C. The van der Waals surface area contributed by atoms with E-state index in [2.05, 4.69) is 41.0 Å². The summed E-state index contributed by atoms with van der Waals surface area (Å²) in [5.74, 6) is 6.67. The fourth-order valence-electron chi connectivity index (χ4n) is 2.40. The Morgan fingerprint density at radius 3 is 2.48 bits per heavy atom. The quantitative estimate of drug-likeness (QED) is 0.448. The smallest absolute Gasteiger partial charge is 0.122 e. The second-order valence-electron chi connectivity index (χ2n) is 4.95. The molecule has 112 valence electrons. The number of rotatable bonds is 4. The molecule has 0 saturated carbocycles. The van der Waals surface area contributed by atoms with E-state index in [4.69, 9.17) is 22.2 Å². The Morgan fingerprint density at radius 1 is 1.19 bits per heavy atom. The predicted octanol–water partition coefficient (Wildman–Crippen LogP) is 4.12. The highest BCUT2D eigenvalue weighted by atomic mass is 127. The summed E-state index contributed by atoms with van der Waals surface area (Å²) in [6.45, 7) is 4.08. The summed E-state index contributed by atoms with van der Waals surface area (Å²) in [6, 6.07) is 10.0. The minimum Gasteiger partial charge on any atom is -0.496 e. The van der Waals surface area contributed by atoms with Gasteiger partial charge in [-0.3, -0.25) is 5.84 Å². The predicted molar refractivity (Wildman–Crippen MR) is 95.8 cm³/mol. The van der Waals surface area contributed by atoms with Gasteiger partial charge >= 0.3 is 0 Å². The third kappa shape index (κ3) is 3.51. The van der Waals surface area contributed by atoms with Gasteiger partial charge in [-0.05, 0) is 76.9 Å². The highest BCUT2D eigenvalue weighted by Crippen LogP contribution is 2.31. The van der Waals surface area contributed by atoms with E-state index in [-0.39, 0.29) is 6.04 Å². The number of nitrogens with two attached hydrogens (primary N) is 1. The second-order valence-corrected chi connectivity index (χ2v) is 6.52. The Morgan fingerprint density at radius 2 is 1.90 bits per heavy atom. The number of hydrazine groups is 1. The van der Waals surface area contributed by atoms with Gasteiger partial charge < -0.3 is 4.74 Å². The fourth-order valence-corrected chi connectivity index (χ4v) is 2.92. The summed E-state index contributed by atoms with van der Waals surface area (Å²) < 4.78 is 6.39. The van der Waals surface area contributed by atoms with Crippen LogP contribution in [0.15, 0.2) is 30.3 Å². The Kier molecular flexibility index (Phi) is 5.48. The highest BCUT2D eigenvalue weighted by Gasteiger charge is 2.17. The molecule has 2 rings (SSSR count). The van der Waals surface area contributed by atoms with Crippen molar-refractivity contribution in [2.75, 3.05) is 7.11 Å². The molecule has 1 atom stereocenters. The number of ether oxygens (including phenoxy) is 1. The first-order chi connectivity index (χ1) is 9.97. The van der Waals surface area contributed by atoms with Crippen LogP contribution in [0.1, 0.15) is 28.3 Å². The van der Waals surface area contributed by atoms with Gasteiger partial charge in [0.15, 0.2) is 0 Å². The third-order valence-electron chi connectivity index (χ3n) is 3.54. The molecule has 21 heavy (non-hydrogen) atoms. The Hall–Kier alpha value is -0.820. The lowest BCUT2D eigenvalue weighted by Gasteiger charge is -2.21. The molecular formula is C16H18ClIN2O. The molecule has 1 unspecified atom stereocenters. The number of halogens is 2. The van der Waals surface area contributed by atoms with Gasteiger partial charge in [0.25, 0.3) is 0 Å². The number of hydrogen-bond donors (Lipinski definition) is 2. The van der Waals surface area contributed by atoms with Gasteiger partial charge in [0.05, 0.1) is 18.2 Å². The van der Waals surface area contributed by atoms with Crippen LogP contribution in [0.2, 0.25) is 5.02 Å². The highest BCUT2D eigenvalue weighted by molar-refractivity contribution is 14.1. The Balaban J connectivity index is 2.50. The van der Waals surface area contributed by atoms with Crippen molar-refractivity contribution in [3.8, 4) is 5.75 Å². The molecule has 0 fully saturated rings. The van der Waals surface area contributed by atoms with Crippen LogP contribution in [0.4, 0.5) is 0 Å². The number of benzene rings is 2. The molecule has 2 aromatic rings. The zero-order valence-electron chi connectivity index (χ0n) is 12.2. The van der Waals surface area contributed by atoms with Crippen molar-refractivity contribution in [3.05, 3.63) is 61.2 Å². The van der Waals surface area contributed by atoms with Gasteiger partial charge in [0.1, 0.15) is 5.75 Å². The summed E-state index contributed by atoms with van der Waals surface area (Å²) >= 11 is 8.44. The lowest BCUT2D eigenvalue weighted by Crippen LogP contribution is -2.29. The molecule has 0 spiro atoms. The average Bonchev–Trinajstić information content (AvgIpc) is 2.46. The molecule has 0 saturated heterocycles. The molecule has 0 radical (unpaired) electrons. The molecule has 0 bridgehead atoms. The van der Waals surface area contributed by atoms with E-state index in [1.807, 2.05) is 31.2 Å². The summed E-state index contributed by atoms with van der Waals surface area (Å²) in [5, 5.41) is 0.733. The van der Waals surface area contributed by atoms with Crippen molar-refractivity contribution < 1.29 is 4.74 Å². The van der Waals surface area contributed by atoms with Crippen LogP contribution in [0, 0.1) is 17.4 Å². The van der Waals surface area contributed by atoms with Gasteiger partial charge in [0, 0.05) is 3.57 Å². The maximum atomic E-state index is 6.22. The van der Waals surface area contributed by atoms with Crippen molar-refractivity contribution in [2.45, 2.75) is 19.9 Å². The lowest BCUT2D eigenvalue weighted by atomic mass is 9.93. The average molecular weight is 417 g/mol. The largest absolute Gasteiger partial charge is 0.496 e. The number of hydrogen-bond acceptors (Lipinski definition) is 3. The molecule has 5 heteroatoms. The topological polar surface area (TPSA) is 47.3 Å². The molecule has 0 aliphatic carbocycles. The summed E-state index contributed by atoms with van der Waals surface area (Å²) in [5.41, 5.74) is 7.24. The number of methoxy groups -OCH3 is 1. The van der Waals surface area contributed by atoms with E-state index in [0.717, 1.165) is 36.6 Å². The van der Waals surface area contributed by atoms with E-state index in [0.29, 0.717) is 0 Å². The molecule has 3 N–H and O–H groups in total. The van der Waals surface area contributed by atoms with Crippen LogP contribution in [-0.4, -0.2) is 7.11 Å². The standard InChI is InChI=1S/C16H18ClIN2O/c1-9-7-15(21-3)10(2)6-12(9)16(20-19)11-4-5-14(18)13(17)8-11/h4-8,16,20H,19H2,1-3H3. The third-order valence-corrected chi connectivity index (χ3v) is 5.11. The molecule has 3 nitrogen and oxygen atoms in total. The number of nitrogens with one attached hydrogen (secondary N) is 1. The van der Waals surface area contributed by atoms with Crippen LogP contribution in [0.25, 0.3) is 0 Å². The summed E-state index contributed by atoms with van der Waals surface area (Å²) in [4.78, 5) is 0. The fraction of sp³-hybridized carbons (Fsp3) is 0.250. The van der Waals surface area contributed by atoms with E-state index >= 15 is 0 Å².